The van der Waals surface area contributed by atoms with Crippen molar-refractivity contribution in [2.45, 2.75) is 27.2 Å². The predicted octanol–water partition coefficient (Wildman–Crippen LogP) is 3.99. The maximum absolute atomic E-state index is 12.7. The third kappa shape index (κ3) is 2.74. The van der Waals surface area contributed by atoms with Crippen molar-refractivity contribution in [3.05, 3.63) is 51.8 Å². The maximum Gasteiger partial charge on any atom is 0.266 e. The van der Waals surface area contributed by atoms with Crippen molar-refractivity contribution in [3.63, 3.8) is 0 Å². The third-order valence-corrected chi connectivity index (χ3v) is 5.02. The number of nitriles is 1. The zero-order chi connectivity index (χ0) is 17.3. The maximum atomic E-state index is 12.7. The fourth-order valence-corrected chi connectivity index (χ4v) is 3.78. The van der Waals surface area contributed by atoms with Crippen LogP contribution in [0.3, 0.4) is 0 Å². The van der Waals surface area contributed by atoms with E-state index in [1.807, 2.05) is 20.8 Å². The highest BCUT2D eigenvalue weighted by atomic mass is 32.1. The molecule has 2 aromatic heterocycles. The molecule has 1 amide bonds. The summed E-state index contributed by atoms with van der Waals surface area (Å²) in [4.78, 5) is 23.1. The van der Waals surface area contributed by atoms with Gasteiger partial charge in [-0.25, -0.2) is 9.97 Å². The van der Waals surface area contributed by atoms with E-state index >= 15 is 0 Å². The van der Waals surface area contributed by atoms with Crippen LogP contribution in [0.2, 0.25) is 0 Å². The van der Waals surface area contributed by atoms with Crippen LogP contribution in [0.15, 0.2) is 24.3 Å². The van der Waals surface area contributed by atoms with Crippen LogP contribution < -0.4 is 5.32 Å². The number of fused-ring (bicyclic) bond motifs is 1. The molecule has 0 saturated heterocycles. The van der Waals surface area contributed by atoms with Crippen LogP contribution in [0.5, 0.6) is 0 Å². The molecule has 1 aromatic carbocycles. The smallest absolute Gasteiger partial charge is 0.266 e. The van der Waals surface area contributed by atoms with E-state index in [1.165, 1.54) is 11.3 Å². The lowest BCUT2D eigenvalue weighted by atomic mass is 10.1. The lowest BCUT2D eigenvalue weighted by Gasteiger charge is -2.06. The van der Waals surface area contributed by atoms with Gasteiger partial charge >= 0.3 is 0 Å². The van der Waals surface area contributed by atoms with Crippen LogP contribution in [0.25, 0.3) is 10.2 Å². The number of aromatic nitrogens is 2. The van der Waals surface area contributed by atoms with Crippen LogP contribution >= 0.6 is 11.3 Å². The zero-order valence-electron chi connectivity index (χ0n) is 13.7. The highest BCUT2D eigenvalue weighted by Gasteiger charge is 2.19. The molecular weight excluding hydrogens is 320 g/mol. The first kappa shape index (κ1) is 16.1. The molecule has 2 heterocycles. The zero-order valence-corrected chi connectivity index (χ0v) is 14.5. The molecule has 0 bridgehead atoms. The van der Waals surface area contributed by atoms with Gasteiger partial charge < -0.3 is 5.32 Å². The number of carbonyl (C=O) groups is 1. The average molecular weight is 336 g/mol. The Bertz CT molecular complexity index is 985. The van der Waals surface area contributed by atoms with Crippen molar-refractivity contribution < 1.29 is 4.79 Å². The van der Waals surface area contributed by atoms with Gasteiger partial charge in [-0.05, 0) is 31.5 Å². The van der Waals surface area contributed by atoms with E-state index in [2.05, 4.69) is 21.4 Å². The molecule has 24 heavy (non-hydrogen) atoms. The normalized spacial score (nSPS) is 10.6. The molecule has 3 aromatic rings. The van der Waals surface area contributed by atoms with Gasteiger partial charge in [0.15, 0.2) is 0 Å². The summed E-state index contributed by atoms with van der Waals surface area (Å²) in [6.07, 6.45) is 0.755. The molecule has 3 rings (SSSR count). The van der Waals surface area contributed by atoms with Gasteiger partial charge in [-0.1, -0.05) is 19.1 Å². The Balaban J connectivity index is 2.03. The predicted molar refractivity (Wildman–Crippen MR) is 95.4 cm³/mol. The molecule has 0 radical (unpaired) electrons. The topological polar surface area (TPSA) is 78.7 Å². The van der Waals surface area contributed by atoms with Crippen molar-refractivity contribution in [2.75, 3.05) is 5.32 Å². The van der Waals surface area contributed by atoms with Crippen LogP contribution in [0.4, 0.5) is 5.69 Å². The van der Waals surface area contributed by atoms with Crippen LogP contribution in [-0.2, 0) is 6.42 Å². The number of hydrogen-bond acceptors (Lipinski definition) is 5. The number of amides is 1. The number of carbonyl (C=O) groups excluding carboxylic acids is 1. The van der Waals surface area contributed by atoms with Crippen LogP contribution in [0.1, 0.15) is 39.2 Å². The molecule has 0 atom stereocenters. The molecule has 0 saturated carbocycles. The summed E-state index contributed by atoms with van der Waals surface area (Å²) < 4.78 is 0. The average Bonchev–Trinajstić information content (AvgIpc) is 2.92. The Kier molecular flexibility index (Phi) is 4.28. The van der Waals surface area contributed by atoms with E-state index in [-0.39, 0.29) is 5.91 Å². The van der Waals surface area contributed by atoms with E-state index in [4.69, 9.17) is 5.26 Å². The van der Waals surface area contributed by atoms with Crippen molar-refractivity contribution in [1.82, 2.24) is 9.97 Å². The minimum Gasteiger partial charge on any atom is -0.320 e. The summed E-state index contributed by atoms with van der Waals surface area (Å²) in [6.45, 7) is 5.86. The molecule has 1 N–H and O–H groups in total. The van der Waals surface area contributed by atoms with Crippen molar-refractivity contribution in [2.24, 2.45) is 0 Å². The van der Waals surface area contributed by atoms with Gasteiger partial charge in [-0.2, -0.15) is 5.26 Å². The van der Waals surface area contributed by atoms with Crippen LogP contribution in [-0.4, -0.2) is 15.9 Å². The van der Waals surface area contributed by atoms with Gasteiger partial charge in [-0.15, -0.1) is 11.3 Å². The van der Waals surface area contributed by atoms with Crippen molar-refractivity contribution >= 4 is 33.1 Å². The van der Waals surface area contributed by atoms with Gasteiger partial charge in [0.1, 0.15) is 16.7 Å². The second-order valence-corrected chi connectivity index (χ2v) is 6.43. The summed E-state index contributed by atoms with van der Waals surface area (Å²) in [7, 11) is 0. The SMILES string of the molecule is CCc1nc(C)c2c(C)c(C(=O)Nc3ccccc3C#N)sc2n1. The summed E-state index contributed by atoms with van der Waals surface area (Å²) in [5, 5.41) is 12.9. The lowest BCUT2D eigenvalue weighted by molar-refractivity contribution is 0.103. The number of hydrogen-bond donors (Lipinski definition) is 1. The Hall–Kier alpha value is -2.78. The third-order valence-electron chi connectivity index (χ3n) is 3.84. The second kappa shape index (κ2) is 6.38. The van der Waals surface area contributed by atoms with E-state index in [1.54, 1.807) is 24.3 Å². The fourth-order valence-electron chi connectivity index (χ4n) is 2.64. The number of para-hydroxylation sites is 1. The highest BCUT2D eigenvalue weighted by molar-refractivity contribution is 7.20. The Labute approximate surface area is 144 Å². The van der Waals surface area contributed by atoms with Gasteiger partial charge in [0.05, 0.1) is 16.1 Å². The van der Waals surface area contributed by atoms with E-state index in [9.17, 15) is 4.79 Å². The van der Waals surface area contributed by atoms with Crippen molar-refractivity contribution in [3.8, 4) is 6.07 Å². The molecule has 6 heteroatoms. The van der Waals surface area contributed by atoms with Gasteiger partial charge in [0.25, 0.3) is 5.91 Å². The van der Waals surface area contributed by atoms with Crippen molar-refractivity contribution in [1.29, 1.82) is 5.26 Å². The molecule has 0 aliphatic rings. The number of nitrogens with zero attached hydrogens (tertiary/aromatic N) is 3. The number of rotatable bonds is 3. The molecule has 5 nitrogen and oxygen atoms in total. The summed E-state index contributed by atoms with van der Waals surface area (Å²) in [5.74, 6) is 0.554. The Morgan fingerprint density at radius 3 is 2.75 bits per heavy atom. The van der Waals surface area contributed by atoms with Gasteiger partial charge in [0.2, 0.25) is 0 Å². The highest BCUT2D eigenvalue weighted by Crippen LogP contribution is 2.32. The van der Waals surface area contributed by atoms with Gasteiger partial charge in [0, 0.05) is 17.5 Å². The minimum absolute atomic E-state index is 0.226. The molecule has 120 valence electrons. The molecule has 0 fully saturated rings. The first-order valence-electron chi connectivity index (χ1n) is 7.62. The molecule has 0 spiro atoms. The van der Waals surface area contributed by atoms with Gasteiger partial charge in [-0.3, -0.25) is 4.79 Å². The molecule has 0 aliphatic carbocycles. The largest absolute Gasteiger partial charge is 0.320 e. The lowest BCUT2D eigenvalue weighted by Crippen LogP contribution is -2.12. The molecule has 0 unspecified atom stereocenters. The standard InChI is InChI=1S/C18H16N4OS/c1-4-14-20-11(3)15-10(2)16(24-18(15)22-14)17(23)21-13-8-6-5-7-12(13)9-19/h5-8H,4H2,1-3H3,(H,21,23). The first-order chi connectivity index (χ1) is 11.5. The molecule has 0 aliphatic heterocycles. The Morgan fingerprint density at radius 2 is 2.04 bits per heavy atom. The number of nitrogens with one attached hydrogen (secondary N) is 1. The Morgan fingerprint density at radius 1 is 1.29 bits per heavy atom. The summed E-state index contributed by atoms with van der Waals surface area (Å²) >= 11 is 1.36. The number of anilines is 1. The second-order valence-electron chi connectivity index (χ2n) is 5.43. The summed E-state index contributed by atoms with van der Waals surface area (Å²) in [5.41, 5.74) is 2.72. The fraction of sp³-hybridized carbons (Fsp3) is 0.222. The monoisotopic (exact) mass is 336 g/mol. The number of aryl methyl sites for hydroxylation is 3. The first-order valence-corrected chi connectivity index (χ1v) is 8.43. The number of benzene rings is 1. The van der Waals surface area contributed by atoms with E-state index in [0.717, 1.165) is 33.7 Å². The van der Waals surface area contributed by atoms with E-state index < -0.39 is 0 Å². The van der Waals surface area contributed by atoms with Crippen LogP contribution in [0, 0.1) is 25.2 Å². The summed E-state index contributed by atoms with van der Waals surface area (Å²) in [6, 6.07) is 9.04. The van der Waals surface area contributed by atoms with E-state index in [0.29, 0.717) is 16.1 Å². The quantitative estimate of drug-likeness (QED) is 0.784. The number of thiophene rings is 1. The molecular formula is C18H16N4OS. The minimum atomic E-state index is -0.226.